The van der Waals surface area contributed by atoms with Crippen LogP contribution < -0.4 is 10.1 Å². The van der Waals surface area contributed by atoms with Crippen LogP contribution in [0.5, 0.6) is 0 Å². The highest BCUT2D eigenvalue weighted by Crippen LogP contribution is 2.08. The molecule has 1 aromatic heterocycles. The molecule has 0 bridgehead atoms. The van der Waals surface area contributed by atoms with Crippen LogP contribution in [0.3, 0.4) is 0 Å². The summed E-state index contributed by atoms with van der Waals surface area (Å²) < 4.78 is 1.76. The molecule has 2 rings (SSSR count). The molecular weight excluding hydrogens is 218 g/mol. The Balaban J connectivity index is 2.09. The van der Waals surface area contributed by atoms with Gasteiger partial charge < -0.3 is 12.6 Å². The van der Waals surface area contributed by atoms with E-state index in [0.717, 1.165) is 5.69 Å². The van der Waals surface area contributed by atoms with E-state index in [9.17, 15) is 0 Å². The van der Waals surface area contributed by atoms with Crippen molar-refractivity contribution in [3.8, 4) is 0 Å². The average Bonchev–Trinajstić information content (AvgIpc) is 2.31. The SMILES string of the molecule is [S-]C(=Nc1ccccc1)N[n+]1ccccc1. The minimum atomic E-state index is 0.433. The molecule has 0 saturated carbocycles. The van der Waals surface area contributed by atoms with Crippen molar-refractivity contribution >= 4 is 23.5 Å². The number of aromatic nitrogens is 1. The zero-order valence-corrected chi connectivity index (χ0v) is 9.39. The van der Waals surface area contributed by atoms with E-state index < -0.39 is 0 Å². The topological polar surface area (TPSA) is 28.3 Å². The number of nitrogens with zero attached hydrogens (tertiary/aromatic N) is 2. The van der Waals surface area contributed by atoms with Crippen LogP contribution in [0.4, 0.5) is 5.69 Å². The maximum atomic E-state index is 5.12. The monoisotopic (exact) mass is 229 g/mol. The molecule has 0 fully saturated rings. The lowest BCUT2D eigenvalue weighted by molar-refractivity contribution is -0.639. The largest absolute Gasteiger partial charge is 0.737 e. The van der Waals surface area contributed by atoms with Gasteiger partial charge in [0.1, 0.15) is 0 Å². The van der Waals surface area contributed by atoms with E-state index in [-0.39, 0.29) is 0 Å². The van der Waals surface area contributed by atoms with E-state index in [1.165, 1.54) is 0 Å². The van der Waals surface area contributed by atoms with Crippen LogP contribution in [0.25, 0.3) is 0 Å². The minimum absolute atomic E-state index is 0.433. The molecule has 0 atom stereocenters. The Bertz CT molecular complexity index is 468. The van der Waals surface area contributed by atoms with Crippen LogP contribution in [-0.2, 0) is 12.6 Å². The summed E-state index contributed by atoms with van der Waals surface area (Å²) in [5.41, 5.74) is 3.82. The molecule has 0 unspecified atom stereocenters. The predicted molar refractivity (Wildman–Crippen MR) is 66.9 cm³/mol. The summed E-state index contributed by atoms with van der Waals surface area (Å²) in [5.74, 6) is 0. The Morgan fingerprint density at radius 3 is 2.31 bits per heavy atom. The van der Waals surface area contributed by atoms with Crippen LogP contribution in [-0.4, -0.2) is 5.17 Å². The number of benzene rings is 1. The first kappa shape index (κ1) is 10.6. The van der Waals surface area contributed by atoms with Gasteiger partial charge in [0.2, 0.25) is 0 Å². The first-order chi connectivity index (χ1) is 7.84. The second kappa shape index (κ2) is 5.23. The van der Waals surface area contributed by atoms with Gasteiger partial charge in [0.15, 0.2) is 12.4 Å². The molecule has 0 aliphatic heterocycles. The number of aliphatic imine (C=N–C) groups is 1. The van der Waals surface area contributed by atoms with E-state index >= 15 is 0 Å². The normalized spacial score (nSPS) is 11.1. The summed E-state index contributed by atoms with van der Waals surface area (Å²) in [7, 11) is 0. The summed E-state index contributed by atoms with van der Waals surface area (Å²) in [5, 5.41) is 0.433. The Hall–Kier alpha value is -1.94. The minimum Gasteiger partial charge on any atom is -0.737 e. The van der Waals surface area contributed by atoms with Gasteiger partial charge >= 0.3 is 0 Å². The standard InChI is InChI=1S/C12H11N3S/c16-12(13-11-7-3-1-4-8-11)14-15-9-5-2-6-10-15/h1-10H,(H-,13,14,16). The molecule has 0 saturated heterocycles. The van der Waals surface area contributed by atoms with Crippen molar-refractivity contribution < 1.29 is 4.68 Å². The molecule has 0 aliphatic carbocycles. The summed E-state index contributed by atoms with van der Waals surface area (Å²) in [4.78, 5) is 4.25. The Morgan fingerprint density at radius 2 is 1.62 bits per heavy atom. The van der Waals surface area contributed by atoms with E-state index in [0.29, 0.717) is 5.17 Å². The van der Waals surface area contributed by atoms with Crippen molar-refractivity contribution in [2.24, 2.45) is 4.99 Å². The molecule has 16 heavy (non-hydrogen) atoms. The van der Waals surface area contributed by atoms with Crippen LogP contribution in [0.15, 0.2) is 65.9 Å². The van der Waals surface area contributed by atoms with Gasteiger partial charge in [-0.2, -0.15) is 5.43 Å². The van der Waals surface area contributed by atoms with Gasteiger partial charge in [-0.05, 0) is 12.1 Å². The van der Waals surface area contributed by atoms with Crippen LogP contribution >= 0.6 is 0 Å². The second-order valence-corrected chi connectivity index (χ2v) is 3.53. The molecular formula is C12H11N3S. The molecule has 80 valence electrons. The highest BCUT2D eigenvalue weighted by Gasteiger charge is 1.93. The molecule has 0 spiro atoms. The molecule has 1 heterocycles. The number of para-hydroxylation sites is 1. The third-order valence-electron chi connectivity index (χ3n) is 1.93. The maximum absolute atomic E-state index is 5.12. The maximum Gasteiger partial charge on any atom is 0.199 e. The zero-order valence-electron chi connectivity index (χ0n) is 8.58. The highest BCUT2D eigenvalue weighted by atomic mass is 32.1. The Kier molecular flexibility index (Phi) is 3.46. The summed E-state index contributed by atoms with van der Waals surface area (Å²) >= 11 is 5.12. The van der Waals surface area contributed by atoms with Crippen molar-refractivity contribution in [3.05, 3.63) is 60.9 Å². The van der Waals surface area contributed by atoms with Gasteiger partial charge in [0.05, 0.1) is 5.69 Å². The summed E-state index contributed by atoms with van der Waals surface area (Å²) in [6.07, 6.45) is 3.74. The van der Waals surface area contributed by atoms with E-state index in [1.807, 2.05) is 60.9 Å². The van der Waals surface area contributed by atoms with Crippen LogP contribution in [0, 0.1) is 0 Å². The third kappa shape index (κ3) is 3.03. The van der Waals surface area contributed by atoms with E-state index in [1.54, 1.807) is 4.68 Å². The van der Waals surface area contributed by atoms with Crippen LogP contribution in [0.1, 0.15) is 0 Å². The second-order valence-electron chi connectivity index (χ2n) is 3.15. The van der Waals surface area contributed by atoms with Gasteiger partial charge in [-0.25, -0.2) is 0 Å². The van der Waals surface area contributed by atoms with Gasteiger partial charge in [0, 0.05) is 17.3 Å². The summed E-state index contributed by atoms with van der Waals surface area (Å²) in [6.45, 7) is 0. The number of pyridine rings is 1. The van der Waals surface area contributed by atoms with Crippen molar-refractivity contribution in [1.82, 2.24) is 0 Å². The quantitative estimate of drug-likeness (QED) is 0.368. The number of hydrogen-bond acceptors (Lipinski definition) is 2. The molecule has 0 radical (unpaired) electrons. The van der Waals surface area contributed by atoms with Crippen molar-refractivity contribution in [2.45, 2.75) is 0 Å². The Labute approximate surface area is 99.9 Å². The molecule has 3 nitrogen and oxygen atoms in total. The molecule has 4 heteroatoms. The van der Waals surface area contributed by atoms with Crippen molar-refractivity contribution in [2.75, 3.05) is 5.43 Å². The average molecular weight is 229 g/mol. The van der Waals surface area contributed by atoms with E-state index in [4.69, 9.17) is 12.6 Å². The van der Waals surface area contributed by atoms with Gasteiger partial charge in [-0.15, -0.1) is 0 Å². The fraction of sp³-hybridized carbons (Fsp3) is 0. The lowest BCUT2D eigenvalue weighted by Gasteiger charge is -2.08. The predicted octanol–water partition coefficient (Wildman–Crippen LogP) is 1.75. The lowest BCUT2D eigenvalue weighted by atomic mass is 10.3. The summed E-state index contributed by atoms with van der Waals surface area (Å²) in [6, 6.07) is 15.4. The number of rotatable bonds is 2. The fourth-order valence-corrected chi connectivity index (χ4v) is 1.44. The lowest BCUT2D eigenvalue weighted by Crippen LogP contribution is -2.46. The van der Waals surface area contributed by atoms with Crippen molar-refractivity contribution in [1.29, 1.82) is 0 Å². The van der Waals surface area contributed by atoms with Gasteiger partial charge in [0.25, 0.3) is 0 Å². The number of hydrogen-bond donors (Lipinski definition) is 1. The molecule has 0 aliphatic rings. The third-order valence-corrected chi connectivity index (χ3v) is 2.11. The van der Waals surface area contributed by atoms with E-state index in [2.05, 4.69) is 10.4 Å². The van der Waals surface area contributed by atoms with Gasteiger partial charge in [-0.3, -0.25) is 4.99 Å². The Morgan fingerprint density at radius 1 is 1.00 bits per heavy atom. The molecule has 1 aromatic carbocycles. The van der Waals surface area contributed by atoms with Crippen molar-refractivity contribution in [3.63, 3.8) is 0 Å². The van der Waals surface area contributed by atoms with Crippen LogP contribution in [0.2, 0.25) is 0 Å². The highest BCUT2D eigenvalue weighted by molar-refractivity contribution is 7.77. The molecule has 0 amide bonds. The first-order valence-electron chi connectivity index (χ1n) is 4.89. The fourth-order valence-electron chi connectivity index (χ4n) is 1.23. The number of amidine groups is 1. The first-order valence-corrected chi connectivity index (χ1v) is 5.29. The van der Waals surface area contributed by atoms with Gasteiger partial charge in [-0.1, -0.05) is 28.9 Å². The number of nitrogens with one attached hydrogen (secondary N) is 1. The smallest absolute Gasteiger partial charge is 0.199 e. The molecule has 1 N–H and O–H groups in total. The zero-order chi connectivity index (χ0) is 11.2. The molecule has 2 aromatic rings.